The molecule has 0 radical (unpaired) electrons. The molecule has 5 rings (SSSR count). The summed E-state index contributed by atoms with van der Waals surface area (Å²) in [5, 5.41) is 6.75. The number of fused-ring (bicyclic) bond motifs is 1. The number of likely N-dealkylation sites (N-methyl/N-ethyl adjacent to an activating group) is 1. The zero-order valence-corrected chi connectivity index (χ0v) is 20.1. The minimum Gasteiger partial charge on any atom is -0.383 e. The summed E-state index contributed by atoms with van der Waals surface area (Å²) in [6, 6.07) is 17.5. The topological polar surface area (TPSA) is 112 Å². The van der Waals surface area contributed by atoms with Gasteiger partial charge in [0.15, 0.2) is 0 Å². The lowest BCUT2D eigenvalue weighted by Gasteiger charge is -2.34. The minimum atomic E-state index is -0.283. The van der Waals surface area contributed by atoms with Gasteiger partial charge in [-0.25, -0.2) is 4.98 Å². The number of amides is 1. The fourth-order valence-corrected chi connectivity index (χ4v) is 4.23. The van der Waals surface area contributed by atoms with Gasteiger partial charge in [-0.2, -0.15) is 4.98 Å². The van der Waals surface area contributed by atoms with Gasteiger partial charge in [0.2, 0.25) is 11.9 Å². The van der Waals surface area contributed by atoms with Gasteiger partial charge in [-0.05, 0) is 55.6 Å². The Morgan fingerprint density at radius 2 is 1.81 bits per heavy atom. The standard InChI is InChI=1S/C27H28N8O/c1-3-23(36)30-20-6-4-5-18(17-20)24-25-22(11-12-29-24)26(28)33-27(32-25)31-19-7-9-21(10-8-19)35-15-13-34(2)14-16-35/h3-12,17H,1,13-16H2,2H3,(H,30,36)(H3,28,31,32,33). The Hall–Kier alpha value is -4.50. The molecule has 36 heavy (non-hydrogen) atoms. The molecule has 1 saturated heterocycles. The maximum Gasteiger partial charge on any atom is 0.247 e. The summed E-state index contributed by atoms with van der Waals surface area (Å²) in [4.78, 5) is 30.2. The van der Waals surface area contributed by atoms with Crippen LogP contribution in [0.2, 0.25) is 0 Å². The van der Waals surface area contributed by atoms with Crippen LogP contribution in [0.1, 0.15) is 0 Å². The molecule has 4 N–H and O–H groups in total. The number of hydrogen-bond acceptors (Lipinski definition) is 8. The zero-order chi connectivity index (χ0) is 25.1. The van der Waals surface area contributed by atoms with E-state index in [0.29, 0.717) is 34.1 Å². The van der Waals surface area contributed by atoms with E-state index in [-0.39, 0.29) is 5.91 Å². The van der Waals surface area contributed by atoms with Crippen molar-refractivity contribution in [2.45, 2.75) is 0 Å². The first-order valence-electron chi connectivity index (χ1n) is 11.8. The molecule has 0 unspecified atom stereocenters. The number of carbonyl (C=O) groups is 1. The number of nitrogens with two attached hydrogens (primary N) is 1. The van der Waals surface area contributed by atoms with Crippen LogP contribution in [0.15, 0.2) is 73.4 Å². The van der Waals surface area contributed by atoms with Gasteiger partial charge in [0.25, 0.3) is 0 Å². The highest BCUT2D eigenvalue weighted by atomic mass is 16.1. The third-order valence-electron chi connectivity index (χ3n) is 6.23. The van der Waals surface area contributed by atoms with Gasteiger partial charge in [-0.3, -0.25) is 9.78 Å². The van der Waals surface area contributed by atoms with Crippen LogP contribution in [0, 0.1) is 0 Å². The normalized spacial score (nSPS) is 14.0. The van der Waals surface area contributed by atoms with E-state index in [1.54, 1.807) is 18.3 Å². The minimum absolute atomic E-state index is 0.283. The van der Waals surface area contributed by atoms with E-state index in [0.717, 1.165) is 37.4 Å². The first-order chi connectivity index (χ1) is 17.5. The summed E-state index contributed by atoms with van der Waals surface area (Å²) < 4.78 is 0. The molecule has 182 valence electrons. The highest BCUT2D eigenvalue weighted by Gasteiger charge is 2.15. The number of anilines is 5. The highest BCUT2D eigenvalue weighted by Crippen LogP contribution is 2.30. The smallest absolute Gasteiger partial charge is 0.247 e. The summed E-state index contributed by atoms with van der Waals surface area (Å²) in [6.45, 7) is 7.65. The van der Waals surface area contributed by atoms with Crippen molar-refractivity contribution in [1.29, 1.82) is 0 Å². The number of nitrogens with one attached hydrogen (secondary N) is 2. The molecule has 0 saturated carbocycles. The molecule has 2 aromatic carbocycles. The van der Waals surface area contributed by atoms with Crippen molar-refractivity contribution in [3.63, 3.8) is 0 Å². The second-order valence-corrected chi connectivity index (χ2v) is 8.72. The quantitative estimate of drug-likeness (QED) is 0.356. The van der Waals surface area contributed by atoms with Crippen molar-refractivity contribution in [1.82, 2.24) is 19.9 Å². The Morgan fingerprint density at radius 1 is 1.03 bits per heavy atom. The SMILES string of the molecule is C=CC(=O)Nc1cccc(-c2nccc3c(N)nc(Nc4ccc(N5CCN(C)CC5)cc4)nc23)c1. The number of nitrogens with zero attached hydrogens (tertiary/aromatic N) is 5. The van der Waals surface area contributed by atoms with E-state index in [2.05, 4.69) is 56.2 Å². The second-order valence-electron chi connectivity index (χ2n) is 8.72. The third-order valence-corrected chi connectivity index (χ3v) is 6.23. The van der Waals surface area contributed by atoms with Gasteiger partial charge in [0, 0.05) is 60.4 Å². The molecule has 3 heterocycles. The number of carbonyl (C=O) groups excluding carboxylic acids is 1. The molecule has 9 nitrogen and oxygen atoms in total. The zero-order valence-electron chi connectivity index (χ0n) is 20.1. The number of aromatic nitrogens is 3. The van der Waals surface area contributed by atoms with Gasteiger partial charge in [-0.1, -0.05) is 18.7 Å². The van der Waals surface area contributed by atoms with Gasteiger partial charge in [0.1, 0.15) is 11.3 Å². The van der Waals surface area contributed by atoms with Crippen molar-refractivity contribution in [3.05, 3.63) is 73.4 Å². The van der Waals surface area contributed by atoms with Crippen molar-refractivity contribution in [3.8, 4) is 11.3 Å². The molecular formula is C27H28N8O. The maximum atomic E-state index is 11.7. The lowest BCUT2D eigenvalue weighted by atomic mass is 10.1. The van der Waals surface area contributed by atoms with E-state index >= 15 is 0 Å². The Balaban J connectivity index is 1.43. The number of benzene rings is 2. The first-order valence-corrected chi connectivity index (χ1v) is 11.8. The fourth-order valence-electron chi connectivity index (χ4n) is 4.23. The molecule has 9 heteroatoms. The molecule has 1 amide bonds. The molecule has 0 spiro atoms. The Kier molecular flexibility index (Phi) is 6.46. The van der Waals surface area contributed by atoms with Gasteiger partial charge < -0.3 is 26.2 Å². The lowest BCUT2D eigenvalue weighted by Crippen LogP contribution is -2.44. The number of pyridine rings is 1. The van der Waals surface area contributed by atoms with Crippen molar-refractivity contribution >= 4 is 45.6 Å². The van der Waals surface area contributed by atoms with Gasteiger partial charge in [0.05, 0.1) is 5.69 Å². The molecule has 1 aliphatic heterocycles. The monoisotopic (exact) mass is 480 g/mol. The lowest BCUT2D eigenvalue weighted by molar-refractivity contribution is -0.111. The van der Waals surface area contributed by atoms with Crippen LogP contribution in [-0.2, 0) is 4.79 Å². The molecule has 0 aliphatic carbocycles. The van der Waals surface area contributed by atoms with Crippen molar-refractivity contribution in [2.75, 3.05) is 54.5 Å². The summed E-state index contributed by atoms with van der Waals surface area (Å²) >= 11 is 0. The van der Waals surface area contributed by atoms with Crippen LogP contribution in [0.25, 0.3) is 22.2 Å². The summed E-state index contributed by atoms with van der Waals surface area (Å²) in [6.07, 6.45) is 2.91. The third kappa shape index (κ3) is 4.96. The predicted octanol–water partition coefficient (Wildman–Crippen LogP) is 3.89. The van der Waals surface area contributed by atoms with Crippen LogP contribution in [0.3, 0.4) is 0 Å². The van der Waals surface area contributed by atoms with Crippen LogP contribution in [0.5, 0.6) is 0 Å². The van der Waals surface area contributed by atoms with E-state index < -0.39 is 0 Å². The van der Waals surface area contributed by atoms with Crippen LogP contribution in [0.4, 0.5) is 28.8 Å². The molecule has 1 fully saturated rings. The Morgan fingerprint density at radius 3 is 2.56 bits per heavy atom. The highest BCUT2D eigenvalue weighted by molar-refractivity contribution is 6.01. The Bertz CT molecular complexity index is 1410. The first kappa shape index (κ1) is 23.3. The van der Waals surface area contributed by atoms with E-state index in [9.17, 15) is 4.79 Å². The molecule has 0 bridgehead atoms. The average Bonchev–Trinajstić information content (AvgIpc) is 2.89. The molecule has 1 aliphatic rings. The largest absolute Gasteiger partial charge is 0.383 e. The Labute approximate surface area is 209 Å². The summed E-state index contributed by atoms with van der Waals surface area (Å²) in [7, 11) is 2.15. The molecule has 2 aromatic heterocycles. The number of hydrogen-bond donors (Lipinski definition) is 3. The molecule has 4 aromatic rings. The van der Waals surface area contributed by atoms with Crippen LogP contribution < -0.4 is 21.3 Å². The summed E-state index contributed by atoms with van der Waals surface area (Å²) in [5.74, 6) is 0.462. The number of piperazine rings is 1. The molecular weight excluding hydrogens is 452 g/mol. The molecule has 0 atom stereocenters. The fraction of sp³-hybridized carbons (Fsp3) is 0.185. The number of rotatable bonds is 6. The van der Waals surface area contributed by atoms with Crippen molar-refractivity contribution < 1.29 is 4.79 Å². The van der Waals surface area contributed by atoms with Crippen LogP contribution in [-0.4, -0.2) is 59.0 Å². The van der Waals surface area contributed by atoms with E-state index in [1.807, 2.05) is 30.3 Å². The van der Waals surface area contributed by atoms with E-state index in [4.69, 9.17) is 10.7 Å². The van der Waals surface area contributed by atoms with Crippen molar-refractivity contribution in [2.24, 2.45) is 0 Å². The van der Waals surface area contributed by atoms with Gasteiger partial charge >= 0.3 is 0 Å². The number of nitrogen functional groups attached to an aromatic ring is 1. The van der Waals surface area contributed by atoms with Gasteiger partial charge in [-0.15, -0.1) is 0 Å². The predicted molar refractivity (Wildman–Crippen MR) is 145 cm³/mol. The average molecular weight is 481 g/mol. The van der Waals surface area contributed by atoms with Crippen LogP contribution >= 0.6 is 0 Å². The summed E-state index contributed by atoms with van der Waals surface area (Å²) in [5.41, 5.74) is 11.1. The van der Waals surface area contributed by atoms with E-state index in [1.165, 1.54) is 11.8 Å². The second kappa shape index (κ2) is 10.0. The maximum absolute atomic E-state index is 11.7.